The van der Waals surface area contributed by atoms with Gasteiger partial charge in [-0.15, -0.1) is 0 Å². The lowest BCUT2D eigenvalue weighted by molar-refractivity contribution is -0.782. The van der Waals surface area contributed by atoms with E-state index in [1.54, 1.807) is 23.0 Å². The van der Waals surface area contributed by atoms with E-state index >= 15 is 0 Å². The van der Waals surface area contributed by atoms with E-state index in [-0.39, 0.29) is 18.0 Å². The SMILES string of the molecule is C[C@@H](Cc1ccccc1)[n+]1cc(NC(=O)Nc2ccc(Br)cc2)on1. The van der Waals surface area contributed by atoms with Crippen LogP contribution in [0, 0.1) is 0 Å². The molecule has 2 N–H and O–H groups in total. The van der Waals surface area contributed by atoms with Crippen LogP contribution in [0.2, 0.25) is 0 Å². The highest BCUT2D eigenvalue weighted by atomic mass is 79.9. The smallest absolute Gasteiger partial charge is 0.308 e. The van der Waals surface area contributed by atoms with Crippen molar-refractivity contribution < 1.29 is 14.0 Å². The molecule has 0 saturated carbocycles. The van der Waals surface area contributed by atoms with Gasteiger partial charge in [0.2, 0.25) is 5.27 Å². The van der Waals surface area contributed by atoms with Crippen LogP contribution in [0.15, 0.2) is 69.8 Å². The molecule has 3 rings (SSSR count). The molecule has 0 unspecified atom stereocenters. The average molecular weight is 402 g/mol. The molecule has 25 heavy (non-hydrogen) atoms. The Bertz CT molecular complexity index is 834. The Morgan fingerprint density at radius 2 is 1.88 bits per heavy atom. The van der Waals surface area contributed by atoms with E-state index in [2.05, 4.69) is 44.0 Å². The molecule has 128 valence electrons. The minimum Gasteiger partial charge on any atom is -0.308 e. The monoisotopic (exact) mass is 401 g/mol. The maximum Gasteiger partial charge on any atom is 0.326 e. The van der Waals surface area contributed by atoms with Gasteiger partial charge in [0, 0.05) is 23.5 Å². The molecule has 3 aromatic rings. The molecule has 0 aliphatic heterocycles. The van der Waals surface area contributed by atoms with Gasteiger partial charge in [-0.05, 0) is 34.5 Å². The first kappa shape index (κ1) is 17.2. The van der Waals surface area contributed by atoms with Gasteiger partial charge in [-0.2, -0.15) is 0 Å². The van der Waals surface area contributed by atoms with Crippen LogP contribution < -0.4 is 15.3 Å². The minimum absolute atomic E-state index is 0.108. The predicted octanol–water partition coefficient (Wildman–Crippen LogP) is 4.17. The third-order valence-electron chi connectivity index (χ3n) is 3.65. The number of nitrogens with zero attached hydrogens (tertiary/aromatic N) is 2. The lowest BCUT2D eigenvalue weighted by Gasteiger charge is -2.04. The number of benzene rings is 2. The average Bonchev–Trinajstić information content (AvgIpc) is 3.06. The second kappa shape index (κ2) is 7.94. The number of hydrogen-bond acceptors (Lipinski definition) is 3. The summed E-state index contributed by atoms with van der Waals surface area (Å²) in [5.74, 6) is 0.287. The summed E-state index contributed by atoms with van der Waals surface area (Å²) in [7, 11) is 0. The summed E-state index contributed by atoms with van der Waals surface area (Å²) < 4.78 is 7.83. The molecular formula is C18H18BrN4O2+. The molecule has 0 fully saturated rings. The number of aromatic nitrogens is 2. The van der Waals surface area contributed by atoms with E-state index in [9.17, 15) is 4.79 Å². The van der Waals surface area contributed by atoms with E-state index in [1.165, 1.54) is 5.56 Å². The van der Waals surface area contributed by atoms with Crippen LogP contribution in [0.1, 0.15) is 18.5 Å². The molecule has 1 heterocycles. The number of nitrogens with one attached hydrogen (secondary N) is 2. The third-order valence-corrected chi connectivity index (χ3v) is 4.18. The van der Waals surface area contributed by atoms with E-state index in [1.807, 2.05) is 37.3 Å². The molecule has 0 radical (unpaired) electrons. The van der Waals surface area contributed by atoms with Crippen molar-refractivity contribution >= 4 is 33.5 Å². The first-order chi connectivity index (χ1) is 12.1. The van der Waals surface area contributed by atoms with Crippen molar-refractivity contribution in [3.05, 3.63) is 70.8 Å². The van der Waals surface area contributed by atoms with Crippen molar-refractivity contribution in [2.45, 2.75) is 19.4 Å². The van der Waals surface area contributed by atoms with E-state index < -0.39 is 0 Å². The number of amides is 2. The molecule has 6 nitrogen and oxygen atoms in total. The fourth-order valence-electron chi connectivity index (χ4n) is 2.38. The fourth-order valence-corrected chi connectivity index (χ4v) is 2.64. The highest BCUT2D eigenvalue weighted by molar-refractivity contribution is 9.10. The van der Waals surface area contributed by atoms with Crippen LogP contribution in [-0.2, 0) is 6.42 Å². The second-order valence-corrected chi connectivity index (χ2v) is 6.59. The first-order valence-corrected chi connectivity index (χ1v) is 8.65. The molecule has 0 aliphatic rings. The van der Waals surface area contributed by atoms with Crippen molar-refractivity contribution in [2.24, 2.45) is 0 Å². The summed E-state index contributed by atoms with van der Waals surface area (Å²) in [4.78, 5) is 12.0. The van der Waals surface area contributed by atoms with Gasteiger partial charge in [0.05, 0.1) is 0 Å². The van der Waals surface area contributed by atoms with Gasteiger partial charge in [0.25, 0.3) is 6.20 Å². The van der Waals surface area contributed by atoms with Crippen LogP contribution in [0.4, 0.5) is 16.4 Å². The molecule has 2 amide bonds. The molecule has 7 heteroatoms. The fraction of sp³-hybridized carbons (Fsp3) is 0.167. The zero-order chi connectivity index (χ0) is 17.6. The van der Waals surface area contributed by atoms with Gasteiger partial charge in [-0.25, -0.2) is 4.79 Å². The number of urea groups is 1. The Morgan fingerprint density at radius 3 is 2.60 bits per heavy atom. The zero-order valence-corrected chi connectivity index (χ0v) is 15.2. The van der Waals surface area contributed by atoms with Gasteiger partial charge in [-0.1, -0.05) is 46.3 Å². The molecule has 0 aliphatic carbocycles. The van der Waals surface area contributed by atoms with Crippen LogP contribution in [0.25, 0.3) is 0 Å². The van der Waals surface area contributed by atoms with Gasteiger partial charge < -0.3 is 5.32 Å². The third kappa shape index (κ3) is 4.90. The topological polar surface area (TPSA) is 71.0 Å². The van der Waals surface area contributed by atoms with Crippen LogP contribution in [-0.4, -0.2) is 11.3 Å². The van der Waals surface area contributed by atoms with Crippen LogP contribution >= 0.6 is 15.9 Å². The second-order valence-electron chi connectivity index (χ2n) is 5.67. The molecule has 0 saturated heterocycles. The van der Waals surface area contributed by atoms with Crippen molar-refractivity contribution in [1.82, 2.24) is 5.27 Å². The molecule has 0 spiro atoms. The summed E-state index contributed by atoms with van der Waals surface area (Å²) in [5, 5.41) is 9.34. The summed E-state index contributed by atoms with van der Waals surface area (Å²) in [6.07, 6.45) is 2.50. The van der Waals surface area contributed by atoms with E-state index in [0.29, 0.717) is 5.69 Å². The number of hydrogen-bond donors (Lipinski definition) is 2. The van der Waals surface area contributed by atoms with Crippen molar-refractivity contribution in [3.63, 3.8) is 0 Å². The maximum absolute atomic E-state index is 12.0. The standard InChI is InChI=1S/C18H17BrN4O2/c1-13(11-14-5-3-2-4-6-14)23-12-17(25-22-23)21-18(24)20-16-9-7-15(19)8-10-16/h2-10,12-13H,11H2,1H3,(H-,20,21,22,24)/p+1/t13-/m0/s1. The number of halogens is 1. The van der Waals surface area contributed by atoms with Crippen molar-refractivity contribution in [2.75, 3.05) is 10.6 Å². The molecule has 1 atom stereocenters. The van der Waals surface area contributed by atoms with E-state index in [0.717, 1.165) is 10.9 Å². The van der Waals surface area contributed by atoms with Gasteiger partial charge in [0.15, 0.2) is 6.04 Å². The Morgan fingerprint density at radius 1 is 1.16 bits per heavy atom. The summed E-state index contributed by atoms with van der Waals surface area (Å²) in [6.45, 7) is 2.04. The summed E-state index contributed by atoms with van der Waals surface area (Å²) >= 11 is 3.35. The highest BCUT2D eigenvalue weighted by Crippen LogP contribution is 2.15. The molecule has 1 aromatic heterocycles. The molecular weight excluding hydrogens is 384 g/mol. The maximum atomic E-state index is 12.0. The number of anilines is 2. The normalized spacial score (nSPS) is 11.8. The summed E-state index contributed by atoms with van der Waals surface area (Å²) in [5.41, 5.74) is 1.90. The van der Waals surface area contributed by atoms with Crippen LogP contribution in [0.5, 0.6) is 0 Å². The van der Waals surface area contributed by atoms with Gasteiger partial charge >= 0.3 is 11.9 Å². The lowest BCUT2D eigenvalue weighted by atomic mass is 10.1. The number of rotatable bonds is 5. The van der Waals surface area contributed by atoms with E-state index in [4.69, 9.17) is 4.52 Å². The predicted molar refractivity (Wildman–Crippen MR) is 98.3 cm³/mol. The molecule has 0 bridgehead atoms. The minimum atomic E-state index is -0.388. The quantitative estimate of drug-likeness (QED) is 0.630. The van der Waals surface area contributed by atoms with Crippen molar-refractivity contribution in [3.8, 4) is 0 Å². The van der Waals surface area contributed by atoms with Gasteiger partial charge in [-0.3, -0.25) is 9.84 Å². The highest BCUT2D eigenvalue weighted by Gasteiger charge is 2.21. The Kier molecular flexibility index (Phi) is 5.45. The Balaban J connectivity index is 1.57. The van der Waals surface area contributed by atoms with Crippen LogP contribution in [0.3, 0.4) is 0 Å². The lowest BCUT2D eigenvalue weighted by Crippen LogP contribution is -2.40. The van der Waals surface area contributed by atoms with Crippen molar-refractivity contribution in [1.29, 1.82) is 0 Å². The van der Waals surface area contributed by atoms with Gasteiger partial charge in [0.1, 0.15) is 0 Å². The Labute approximate surface area is 153 Å². The first-order valence-electron chi connectivity index (χ1n) is 7.86. The molecule has 2 aromatic carbocycles. The Hall–Kier alpha value is -2.67. The zero-order valence-electron chi connectivity index (χ0n) is 13.6. The largest absolute Gasteiger partial charge is 0.326 e. The summed E-state index contributed by atoms with van der Waals surface area (Å²) in [6, 6.07) is 17.2. The number of carbonyl (C=O) groups is 1. The number of carbonyl (C=O) groups excluding carboxylic acids is 1.